The second-order valence-corrected chi connectivity index (χ2v) is 7.26. The molecular weight excluding hydrogens is 302 g/mol. The number of aryl methyl sites for hydroxylation is 3. The zero-order chi connectivity index (χ0) is 16.7. The molecule has 2 rings (SSSR count). The monoisotopic (exact) mass is 323 g/mol. The largest absolute Gasteiger partial charge is 0.421 e. The Bertz CT molecular complexity index is 877. The van der Waals surface area contributed by atoms with E-state index in [2.05, 4.69) is 0 Å². The van der Waals surface area contributed by atoms with Crippen LogP contribution < -0.4 is 5.63 Å². The Kier molecular flexibility index (Phi) is 4.44. The van der Waals surface area contributed by atoms with Crippen LogP contribution in [0.3, 0.4) is 0 Å². The van der Waals surface area contributed by atoms with Crippen LogP contribution in [0.1, 0.15) is 30.5 Å². The van der Waals surface area contributed by atoms with Crippen molar-refractivity contribution in [2.24, 2.45) is 0 Å². The predicted octanol–water partition coefficient (Wildman–Crippen LogP) is 2.75. The lowest BCUT2D eigenvalue weighted by Crippen LogP contribution is -2.31. The van der Waals surface area contributed by atoms with Crippen molar-refractivity contribution >= 4 is 21.0 Å². The Labute approximate surface area is 130 Å². The van der Waals surface area contributed by atoms with Crippen LogP contribution in [0, 0.1) is 20.8 Å². The molecule has 22 heavy (non-hydrogen) atoms. The molecule has 2 aromatic rings. The van der Waals surface area contributed by atoms with E-state index in [9.17, 15) is 13.2 Å². The van der Waals surface area contributed by atoms with Gasteiger partial charge in [0.2, 0.25) is 10.0 Å². The van der Waals surface area contributed by atoms with Crippen LogP contribution >= 0.6 is 0 Å². The van der Waals surface area contributed by atoms with Crippen LogP contribution in [-0.2, 0) is 10.0 Å². The first-order valence-corrected chi connectivity index (χ1v) is 8.72. The lowest BCUT2D eigenvalue weighted by molar-refractivity contribution is 0.443. The summed E-state index contributed by atoms with van der Waals surface area (Å²) >= 11 is 0. The van der Waals surface area contributed by atoms with Gasteiger partial charge in [0, 0.05) is 24.5 Å². The topological polar surface area (TPSA) is 67.6 Å². The molecule has 0 N–H and O–H groups in total. The van der Waals surface area contributed by atoms with Gasteiger partial charge in [0.1, 0.15) is 4.90 Å². The predicted molar refractivity (Wildman–Crippen MR) is 86.8 cm³/mol. The molecular formula is C16H21NO4S. The van der Waals surface area contributed by atoms with Gasteiger partial charge in [-0.15, -0.1) is 0 Å². The van der Waals surface area contributed by atoms with E-state index in [1.807, 2.05) is 13.0 Å². The van der Waals surface area contributed by atoms with Crippen molar-refractivity contribution in [1.29, 1.82) is 0 Å². The summed E-state index contributed by atoms with van der Waals surface area (Å²) in [6.07, 6.45) is 0. The fourth-order valence-corrected chi connectivity index (χ4v) is 4.70. The van der Waals surface area contributed by atoms with Gasteiger partial charge < -0.3 is 4.42 Å². The number of hydrogen-bond donors (Lipinski definition) is 0. The Balaban J connectivity index is 3.00. The maximum atomic E-state index is 12.9. The van der Waals surface area contributed by atoms with Gasteiger partial charge in [0.25, 0.3) is 0 Å². The lowest BCUT2D eigenvalue weighted by Gasteiger charge is -2.21. The third-order valence-electron chi connectivity index (χ3n) is 3.85. The van der Waals surface area contributed by atoms with Gasteiger partial charge in [-0.1, -0.05) is 19.9 Å². The number of rotatable bonds is 4. The Hall–Kier alpha value is -1.66. The molecule has 0 aliphatic heterocycles. The van der Waals surface area contributed by atoms with Crippen LogP contribution in [0.4, 0.5) is 0 Å². The fraction of sp³-hybridized carbons (Fsp3) is 0.438. The van der Waals surface area contributed by atoms with Crippen LogP contribution in [0.5, 0.6) is 0 Å². The number of hydrogen-bond acceptors (Lipinski definition) is 4. The van der Waals surface area contributed by atoms with Gasteiger partial charge in [-0.25, -0.2) is 13.2 Å². The van der Waals surface area contributed by atoms with E-state index in [1.165, 1.54) is 10.4 Å². The Morgan fingerprint density at radius 3 is 2.09 bits per heavy atom. The van der Waals surface area contributed by atoms with E-state index in [0.29, 0.717) is 24.0 Å². The highest BCUT2D eigenvalue weighted by Gasteiger charge is 2.28. The van der Waals surface area contributed by atoms with Crippen LogP contribution in [-0.4, -0.2) is 25.8 Å². The normalized spacial score (nSPS) is 12.3. The molecule has 1 aromatic heterocycles. The number of fused-ring (bicyclic) bond motifs is 1. The summed E-state index contributed by atoms with van der Waals surface area (Å²) in [5.41, 5.74) is 1.83. The summed E-state index contributed by atoms with van der Waals surface area (Å²) in [4.78, 5) is 11.8. The highest BCUT2D eigenvalue weighted by Crippen LogP contribution is 2.32. The molecule has 0 spiro atoms. The average molecular weight is 323 g/mol. The summed E-state index contributed by atoms with van der Waals surface area (Å²) in [7, 11) is -3.71. The molecule has 0 aliphatic rings. The molecule has 1 heterocycles. The summed E-state index contributed by atoms with van der Waals surface area (Å²) in [6.45, 7) is 9.70. The molecule has 0 saturated heterocycles. The van der Waals surface area contributed by atoms with Crippen molar-refractivity contribution < 1.29 is 12.8 Å². The summed E-state index contributed by atoms with van der Waals surface area (Å²) in [5.74, 6) is 0. The zero-order valence-corrected chi connectivity index (χ0v) is 14.4. The maximum Gasteiger partial charge on any atom is 0.336 e. The molecule has 0 amide bonds. The zero-order valence-electron chi connectivity index (χ0n) is 13.6. The molecule has 0 unspecified atom stereocenters. The number of sulfonamides is 1. The molecule has 0 radical (unpaired) electrons. The van der Waals surface area contributed by atoms with Crippen molar-refractivity contribution in [3.8, 4) is 0 Å². The van der Waals surface area contributed by atoms with E-state index in [-0.39, 0.29) is 10.5 Å². The first-order chi connectivity index (χ1) is 10.2. The molecule has 0 aliphatic carbocycles. The average Bonchev–Trinajstić information content (AvgIpc) is 2.37. The number of nitrogens with zero attached hydrogens (tertiary/aromatic N) is 1. The highest BCUT2D eigenvalue weighted by atomic mass is 32.2. The Morgan fingerprint density at radius 2 is 1.55 bits per heavy atom. The highest BCUT2D eigenvalue weighted by molar-refractivity contribution is 7.89. The van der Waals surface area contributed by atoms with Crippen LogP contribution in [0.2, 0.25) is 0 Å². The van der Waals surface area contributed by atoms with Gasteiger partial charge in [-0.05, 0) is 37.5 Å². The van der Waals surface area contributed by atoms with Crippen molar-refractivity contribution in [2.75, 3.05) is 13.1 Å². The maximum absolute atomic E-state index is 12.9. The summed E-state index contributed by atoms with van der Waals surface area (Å²) in [6, 6.07) is 3.21. The third-order valence-corrected chi connectivity index (χ3v) is 6.07. The van der Waals surface area contributed by atoms with Crippen molar-refractivity contribution in [2.45, 2.75) is 39.5 Å². The molecule has 0 fully saturated rings. The van der Waals surface area contributed by atoms with E-state index in [0.717, 1.165) is 11.1 Å². The summed E-state index contributed by atoms with van der Waals surface area (Å²) < 4.78 is 32.5. The molecule has 0 saturated carbocycles. The second kappa shape index (κ2) is 5.85. The van der Waals surface area contributed by atoms with Crippen molar-refractivity contribution in [1.82, 2.24) is 4.31 Å². The second-order valence-electron chi connectivity index (χ2n) is 5.38. The van der Waals surface area contributed by atoms with Crippen molar-refractivity contribution in [3.05, 3.63) is 39.2 Å². The smallest absolute Gasteiger partial charge is 0.336 e. The molecule has 120 valence electrons. The fourth-order valence-electron chi connectivity index (χ4n) is 2.91. The minimum atomic E-state index is -3.71. The van der Waals surface area contributed by atoms with Gasteiger partial charge in [0.05, 0.1) is 0 Å². The SMILES string of the molecule is CCN(CC)S(=O)(=O)c1c(C)cc(C)c2c(C)cc(=O)oc12. The minimum absolute atomic E-state index is 0.0950. The van der Waals surface area contributed by atoms with Gasteiger partial charge in [0.15, 0.2) is 5.58 Å². The quantitative estimate of drug-likeness (QED) is 0.811. The van der Waals surface area contributed by atoms with Gasteiger partial charge in [-0.2, -0.15) is 4.31 Å². The van der Waals surface area contributed by atoms with E-state index >= 15 is 0 Å². The Morgan fingerprint density at radius 1 is 1.00 bits per heavy atom. The minimum Gasteiger partial charge on any atom is -0.421 e. The van der Waals surface area contributed by atoms with Crippen molar-refractivity contribution in [3.63, 3.8) is 0 Å². The van der Waals surface area contributed by atoms with Gasteiger partial charge in [-0.3, -0.25) is 0 Å². The van der Waals surface area contributed by atoms with Crippen LogP contribution in [0.25, 0.3) is 11.0 Å². The van der Waals surface area contributed by atoms with E-state index in [4.69, 9.17) is 4.42 Å². The molecule has 1 aromatic carbocycles. The van der Waals surface area contributed by atoms with Crippen LogP contribution in [0.15, 0.2) is 26.2 Å². The lowest BCUT2D eigenvalue weighted by atomic mass is 10.0. The summed E-state index contributed by atoms with van der Waals surface area (Å²) in [5, 5.41) is 0.691. The first-order valence-electron chi connectivity index (χ1n) is 7.28. The van der Waals surface area contributed by atoms with Gasteiger partial charge >= 0.3 is 5.63 Å². The van der Waals surface area contributed by atoms with E-state index in [1.54, 1.807) is 27.7 Å². The molecule has 5 nitrogen and oxygen atoms in total. The first kappa shape index (κ1) is 16.7. The molecule has 0 bridgehead atoms. The standard InChI is InChI=1S/C16H21NO4S/c1-6-17(7-2)22(19,20)16-12(5)8-10(3)14-11(4)9-13(18)21-15(14)16/h8-9H,6-7H2,1-5H3. The van der Waals surface area contributed by atoms with E-state index < -0.39 is 15.6 Å². The third kappa shape index (κ3) is 2.57. The molecule has 0 atom stereocenters. The number of benzene rings is 1. The molecule has 6 heteroatoms.